The van der Waals surface area contributed by atoms with E-state index in [1.54, 1.807) is 18.2 Å². The van der Waals surface area contributed by atoms with Gasteiger partial charge in [0.15, 0.2) is 17.6 Å². The second-order valence-electron chi connectivity index (χ2n) is 3.01. The molecule has 80 valence electrons. The molecule has 0 unspecified atom stereocenters. The number of rotatable bonds is 2. The molecule has 2 rings (SSSR count). The van der Waals surface area contributed by atoms with Crippen LogP contribution in [0.15, 0.2) is 23.9 Å². The highest BCUT2D eigenvalue weighted by Crippen LogP contribution is 2.32. The van der Waals surface area contributed by atoms with Crippen LogP contribution >= 0.6 is 0 Å². The molecular formula is C10H6N2O4. The fraction of sp³-hybridized carbons (Fsp3) is 0.100. The van der Waals surface area contributed by atoms with Crippen LogP contribution in [0.5, 0.6) is 11.5 Å². The van der Waals surface area contributed by atoms with Crippen molar-refractivity contribution < 1.29 is 14.4 Å². The lowest BCUT2D eigenvalue weighted by Crippen LogP contribution is -1.95. The number of hydrogen-bond acceptors (Lipinski definition) is 5. The lowest BCUT2D eigenvalue weighted by molar-refractivity contribution is -0.415. The highest BCUT2D eigenvalue weighted by Gasteiger charge is 2.14. The predicted molar refractivity (Wildman–Crippen MR) is 53.1 cm³/mol. The van der Waals surface area contributed by atoms with Gasteiger partial charge in [-0.25, -0.2) is 0 Å². The van der Waals surface area contributed by atoms with Crippen molar-refractivity contribution in [3.05, 3.63) is 39.6 Å². The molecule has 1 heterocycles. The van der Waals surface area contributed by atoms with E-state index in [1.165, 1.54) is 12.1 Å². The third kappa shape index (κ3) is 1.79. The third-order valence-corrected chi connectivity index (χ3v) is 2.01. The van der Waals surface area contributed by atoms with Crippen molar-refractivity contribution in [1.29, 1.82) is 5.26 Å². The molecule has 0 bridgehead atoms. The minimum Gasteiger partial charge on any atom is -0.454 e. The number of hydrogen-bond donors (Lipinski definition) is 0. The molecule has 0 atom stereocenters. The number of ether oxygens (including phenoxy) is 2. The van der Waals surface area contributed by atoms with E-state index < -0.39 is 10.6 Å². The fourth-order valence-electron chi connectivity index (χ4n) is 1.29. The van der Waals surface area contributed by atoms with Crippen LogP contribution < -0.4 is 9.47 Å². The van der Waals surface area contributed by atoms with Crippen LogP contribution in [0, 0.1) is 21.4 Å². The molecule has 0 spiro atoms. The fourth-order valence-corrected chi connectivity index (χ4v) is 1.29. The van der Waals surface area contributed by atoms with E-state index in [9.17, 15) is 10.1 Å². The molecule has 0 fully saturated rings. The summed E-state index contributed by atoms with van der Waals surface area (Å²) in [6.07, 6.45) is 1.18. The Morgan fingerprint density at radius 2 is 2.25 bits per heavy atom. The molecule has 0 aromatic heterocycles. The maximum atomic E-state index is 10.4. The van der Waals surface area contributed by atoms with Gasteiger partial charge in [0.2, 0.25) is 6.79 Å². The van der Waals surface area contributed by atoms with Crippen molar-refractivity contribution in [2.45, 2.75) is 0 Å². The van der Waals surface area contributed by atoms with Crippen molar-refractivity contribution in [1.82, 2.24) is 0 Å². The van der Waals surface area contributed by atoms with Crippen LogP contribution in [0.4, 0.5) is 0 Å². The van der Waals surface area contributed by atoms with Crippen LogP contribution in [-0.4, -0.2) is 11.7 Å². The Hall–Kier alpha value is -2.55. The van der Waals surface area contributed by atoms with Gasteiger partial charge in [-0.05, 0) is 17.7 Å². The monoisotopic (exact) mass is 218 g/mol. The standard InChI is InChI=1S/C10H6N2O4/c11-5-8(12(13)14)3-7-1-2-9-10(4-7)16-6-15-9/h1-4H,6H2/b8-3+. The van der Waals surface area contributed by atoms with E-state index in [0.29, 0.717) is 17.1 Å². The predicted octanol–water partition coefficient (Wildman–Crippen LogP) is 1.56. The van der Waals surface area contributed by atoms with Gasteiger partial charge in [0.05, 0.1) is 4.92 Å². The van der Waals surface area contributed by atoms with E-state index in [0.717, 1.165) is 0 Å². The number of nitrogens with zero attached hydrogens (tertiary/aromatic N) is 2. The summed E-state index contributed by atoms with van der Waals surface area (Å²) < 4.78 is 10.2. The molecule has 0 radical (unpaired) electrons. The number of nitriles is 1. The van der Waals surface area contributed by atoms with Gasteiger partial charge in [-0.15, -0.1) is 0 Å². The summed E-state index contributed by atoms with van der Waals surface area (Å²) in [5, 5.41) is 19.0. The van der Waals surface area contributed by atoms with E-state index in [-0.39, 0.29) is 6.79 Å². The minimum atomic E-state index is -0.732. The molecule has 1 aromatic carbocycles. The largest absolute Gasteiger partial charge is 0.454 e. The topological polar surface area (TPSA) is 85.4 Å². The summed E-state index contributed by atoms with van der Waals surface area (Å²) in [5.74, 6) is 1.12. The Kier molecular flexibility index (Phi) is 2.44. The van der Waals surface area contributed by atoms with E-state index in [2.05, 4.69) is 0 Å². The van der Waals surface area contributed by atoms with Crippen LogP contribution in [0.3, 0.4) is 0 Å². The van der Waals surface area contributed by atoms with Crippen molar-refractivity contribution in [2.75, 3.05) is 6.79 Å². The lowest BCUT2D eigenvalue weighted by atomic mass is 10.2. The minimum absolute atomic E-state index is 0.142. The zero-order chi connectivity index (χ0) is 11.5. The molecule has 1 aliphatic heterocycles. The normalized spacial score (nSPS) is 13.3. The molecular weight excluding hydrogens is 212 g/mol. The van der Waals surface area contributed by atoms with Gasteiger partial charge in [0.25, 0.3) is 0 Å². The SMILES string of the molecule is N#C/C(=C\c1ccc2c(c1)OCO2)[N+](=O)[O-]. The summed E-state index contributed by atoms with van der Waals surface area (Å²) in [7, 11) is 0. The van der Waals surface area contributed by atoms with Crippen molar-refractivity contribution in [2.24, 2.45) is 0 Å². The molecule has 0 aliphatic carbocycles. The molecule has 6 nitrogen and oxygen atoms in total. The van der Waals surface area contributed by atoms with Crippen LogP contribution in [0.25, 0.3) is 6.08 Å². The molecule has 0 saturated carbocycles. The molecule has 0 N–H and O–H groups in total. The molecule has 0 amide bonds. The zero-order valence-corrected chi connectivity index (χ0v) is 8.04. The third-order valence-electron chi connectivity index (χ3n) is 2.01. The van der Waals surface area contributed by atoms with E-state index in [1.807, 2.05) is 0 Å². The summed E-state index contributed by atoms with van der Waals surface area (Å²) in [4.78, 5) is 9.70. The first kappa shape index (κ1) is 9.98. The van der Waals surface area contributed by atoms with Gasteiger partial charge < -0.3 is 9.47 Å². The van der Waals surface area contributed by atoms with Crippen molar-refractivity contribution in [3.63, 3.8) is 0 Å². The van der Waals surface area contributed by atoms with E-state index in [4.69, 9.17) is 14.7 Å². The number of benzene rings is 1. The quantitative estimate of drug-likeness (QED) is 0.427. The van der Waals surface area contributed by atoms with Crippen molar-refractivity contribution in [3.8, 4) is 17.6 Å². The maximum Gasteiger partial charge on any atom is 0.346 e. The van der Waals surface area contributed by atoms with Crippen LogP contribution in [0.2, 0.25) is 0 Å². The Labute approximate surface area is 90.5 Å². The Balaban J connectivity index is 2.36. The van der Waals surface area contributed by atoms with Gasteiger partial charge in [-0.2, -0.15) is 5.26 Å². The van der Waals surface area contributed by atoms with Crippen LogP contribution in [-0.2, 0) is 0 Å². The average molecular weight is 218 g/mol. The van der Waals surface area contributed by atoms with Gasteiger partial charge in [0, 0.05) is 6.08 Å². The van der Waals surface area contributed by atoms with E-state index >= 15 is 0 Å². The first-order chi connectivity index (χ1) is 7.70. The van der Waals surface area contributed by atoms with Gasteiger partial charge in [-0.1, -0.05) is 6.07 Å². The molecule has 1 aromatic rings. The highest BCUT2D eigenvalue weighted by molar-refractivity contribution is 5.59. The summed E-state index contributed by atoms with van der Waals surface area (Å²) >= 11 is 0. The maximum absolute atomic E-state index is 10.4. The first-order valence-electron chi connectivity index (χ1n) is 4.36. The Morgan fingerprint density at radius 1 is 1.50 bits per heavy atom. The molecule has 1 aliphatic rings. The Bertz CT molecular complexity index is 516. The van der Waals surface area contributed by atoms with Gasteiger partial charge in [0.1, 0.15) is 0 Å². The first-order valence-corrected chi connectivity index (χ1v) is 4.36. The van der Waals surface area contributed by atoms with Crippen molar-refractivity contribution >= 4 is 6.08 Å². The Morgan fingerprint density at radius 3 is 2.94 bits per heavy atom. The molecule has 0 saturated heterocycles. The summed E-state index contributed by atoms with van der Waals surface area (Å²) in [5.41, 5.74) is 0.0105. The second kappa shape index (κ2) is 3.90. The summed E-state index contributed by atoms with van der Waals surface area (Å²) in [6.45, 7) is 0.142. The van der Waals surface area contributed by atoms with Crippen LogP contribution in [0.1, 0.15) is 5.56 Å². The number of nitro groups is 1. The molecule has 16 heavy (non-hydrogen) atoms. The molecule has 6 heteroatoms. The zero-order valence-electron chi connectivity index (χ0n) is 8.04. The number of allylic oxidation sites excluding steroid dienone is 1. The second-order valence-corrected chi connectivity index (χ2v) is 3.01. The summed E-state index contributed by atoms with van der Waals surface area (Å²) in [6, 6.07) is 6.36. The number of fused-ring (bicyclic) bond motifs is 1. The smallest absolute Gasteiger partial charge is 0.346 e. The lowest BCUT2D eigenvalue weighted by Gasteiger charge is -1.96. The average Bonchev–Trinajstić information content (AvgIpc) is 2.72. The van der Waals surface area contributed by atoms with Gasteiger partial charge >= 0.3 is 5.70 Å². The van der Waals surface area contributed by atoms with Gasteiger partial charge in [-0.3, -0.25) is 10.1 Å². The highest BCUT2D eigenvalue weighted by atomic mass is 16.7.